The Morgan fingerprint density at radius 3 is 2.42 bits per heavy atom. The predicted octanol–water partition coefficient (Wildman–Crippen LogP) is 5.41. The lowest BCUT2D eigenvalue weighted by molar-refractivity contribution is -0.136. The maximum atomic E-state index is 14.3. The molecule has 0 bridgehead atoms. The van der Waals surface area contributed by atoms with Crippen molar-refractivity contribution in [2.24, 2.45) is 5.92 Å². The number of aromatic nitrogens is 5. The zero-order valence-corrected chi connectivity index (χ0v) is 35.1. The number of amides is 5. The van der Waals surface area contributed by atoms with E-state index in [-0.39, 0.29) is 53.2 Å². The molecule has 1 atom stereocenters. The van der Waals surface area contributed by atoms with Crippen molar-refractivity contribution in [1.29, 1.82) is 0 Å². The van der Waals surface area contributed by atoms with Gasteiger partial charge < -0.3 is 20.4 Å². The number of imide groups is 2. The van der Waals surface area contributed by atoms with Gasteiger partial charge in [-0.2, -0.15) is 10.2 Å². The van der Waals surface area contributed by atoms with Gasteiger partial charge in [-0.05, 0) is 122 Å². The molecule has 18 heteroatoms. The molecule has 328 valence electrons. The zero-order valence-electron chi connectivity index (χ0n) is 35.1. The van der Waals surface area contributed by atoms with Crippen molar-refractivity contribution >= 4 is 46.6 Å². The molecule has 1 unspecified atom stereocenters. The van der Waals surface area contributed by atoms with Crippen molar-refractivity contribution in [3.63, 3.8) is 0 Å². The maximum absolute atomic E-state index is 14.3. The molecule has 16 nitrogen and oxygen atoms in total. The van der Waals surface area contributed by atoms with Crippen LogP contribution in [-0.4, -0.2) is 120 Å². The molecule has 9 rings (SSSR count). The Morgan fingerprint density at radius 1 is 0.935 bits per heavy atom. The van der Waals surface area contributed by atoms with E-state index in [0.717, 1.165) is 94.4 Å². The van der Waals surface area contributed by atoms with Crippen LogP contribution in [0.25, 0.3) is 5.65 Å². The van der Waals surface area contributed by atoms with Crippen LogP contribution in [-0.2, 0) is 9.59 Å². The Kier molecular flexibility index (Phi) is 11.6. The number of likely N-dealkylation sites (tertiary alicyclic amines) is 1. The molecule has 1 aromatic carbocycles. The minimum Gasteiger partial charge on any atom is -0.382 e. The number of carbonyl (C=O) groups is 5. The Bertz CT molecular complexity index is 2380. The van der Waals surface area contributed by atoms with Crippen molar-refractivity contribution < 1.29 is 32.8 Å². The molecule has 4 fully saturated rings. The van der Waals surface area contributed by atoms with Gasteiger partial charge in [-0.1, -0.05) is 6.07 Å². The lowest BCUT2D eigenvalue weighted by Gasteiger charge is -2.38. The minimum atomic E-state index is -2.87. The fraction of sp³-hybridized carbons (Fsp3) is 0.545. The van der Waals surface area contributed by atoms with Crippen molar-refractivity contribution in [3.05, 3.63) is 70.9 Å². The van der Waals surface area contributed by atoms with Crippen LogP contribution >= 0.6 is 0 Å². The largest absolute Gasteiger partial charge is 0.382 e. The third-order valence-corrected chi connectivity index (χ3v) is 13.9. The van der Waals surface area contributed by atoms with E-state index in [1.807, 2.05) is 6.07 Å². The van der Waals surface area contributed by atoms with Gasteiger partial charge in [0.25, 0.3) is 24.1 Å². The van der Waals surface area contributed by atoms with Gasteiger partial charge in [0.2, 0.25) is 11.8 Å². The fourth-order valence-corrected chi connectivity index (χ4v) is 10.3. The molecule has 2 aliphatic carbocycles. The van der Waals surface area contributed by atoms with Crippen molar-refractivity contribution in [3.8, 4) is 0 Å². The van der Waals surface area contributed by atoms with Crippen LogP contribution < -0.4 is 16.0 Å². The third kappa shape index (κ3) is 8.21. The van der Waals surface area contributed by atoms with Gasteiger partial charge in [0, 0.05) is 54.7 Å². The molecule has 3 N–H and O–H groups in total. The molecule has 2 saturated heterocycles. The molecule has 4 aromatic rings. The number of anilines is 2. The molecule has 5 amide bonds. The molecular weight excluding hydrogens is 801 g/mol. The number of fused-ring (bicyclic) bond motifs is 2. The second-order valence-electron chi connectivity index (χ2n) is 17.9. The molecule has 3 aromatic heterocycles. The van der Waals surface area contributed by atoms with Gasteiger partial charge in [0.15, 0.2) is 11.3 Å². The number of hydrogen-bond acceptors (Lipinski definition) is 11. The lowest BCUT2D eigenvalue weighted by Crippen LogP contribution is -2.54. The fourth-order valence-electron chi connectivity index (χ4n) is 10.3. The smallest absolute Gasteiger partial charge is 0.284 e. The summed E-state index contributed by atoms with van der Waals surface area (Å²) < 4.78 is 31.8. The van der Waals surface area contributed by atoms with Crippen LogP contribution in [0.5, 0.6) is 0 Å². The molecule has 2 saturated carbocycles. The minimum absolute atomic E-state index is 0.00583. The summed E-state index contributed by atoms with van der Waals surface area (Å²) in [6, 6.07) is 6.49. The number of alkyl halides is 2. The summed E-state index contributed by atoms with van der Waals surface area (Å²) in [5.74, 6) is -1.91. The molecule has 3 aliphatic heterocycles. The van der Waals surface area contributed by atoms with Gasteiger partial charge in [-0.25, -0.2) is 18.3 Å². The average Bonchev–Trinajstić information content (AvgIpc) is 3.96. The lowest BCUT2D eigenvalue weighted by atomic mass is 9.84. The number of halogens is 2. The van der Waals surface area contributed by atoms with Crippen LogP contribution in [0.15, 0.2) is 42.9 Å². The van der Waals surface area contributed by atoms with Gasteiger partial charge in [0.1, 0.15) is 11.6 Å². The number of rotatable bonds is 11. The first-order valence-corrected chi connectivity index (χ1v) is 21.9. The number of nitrogens with zero attached hydrogens (tertiary/aromatic N) is 8. The number of hydrogen-bond donors (Lipinski definition) is 3. The third-order valence-electron chi connectivity index (χ3n) is 13.9. The monoisotopic (exact) mass is 853 g/mol. The van der Waals surface area contributed by atoms with E-state index in [0.29, 0.717) is 23.3 Å². The highest BCUT2D eigenvalue weighted by molar-refractivity contribution is 6.25. The van der Waals surface area contributed by atoms with Crippen molar-refractivity contribution in [2.75, 3.05) is 44.4 Å². The van der Waals surface area contributed by atoms with Crippen LogP contribution in [0.1, 0.15) is 138 Å². The van der Waals surface area contributed by atoms with E-state index in [9.17, 15) is 32.8 Å². The highest BCUT2D eigenvalue weighted by Gasteiger charge is 2.46. The van der Waals surface area contributed by atoms with Gasteiger partial charge in [-0.15, -0.1) is 0 Å². The van der Waals surface area contributed by atoms with Crippen LogP contribution in [0.3, 0.4) is 0 Å². The molecule has 0 spiro atoms. The first-order valence-electron chi connectivity index (χ1n) is 21.9. The normalized spacial score (nSPS) is 25.2. The first-order chi connectivity index (χ1) is 29.9. The van der Waals surface area contributed by atoms with Gasteiger partial charge in [0.05, 0.1) is 29.1 Å². The summed E-state index contributed by atoms with van der Waals surface area (Å²) in [4.78, 5) is 75.2. The summed E-state index contributed by atoms with van der Waals surface area (Å²) in [6.45, 7) is 2.86. The van der Waals surface area contributed by atoms with Crippen molar-refractivity contribution in [1.82, 2.24) is 44.4 Å². The second kappa shape index (κ2) is 17.3. The first kappa shape index (κ1) is 41.7. The Hall–Kier alpha value is -5.62. The Morgan fingerprint density at radius 2 is 1.69 bits per heavy atom. The predicted molar refractivity (Wildman–Crippen MR) is 224 cm³/mol. The summed E-state index contributed by atoms with van der Waals surface area (Å²) in [6.07, 6.45) is 11.1. The summed E-state index contributed by atoms with van der Waals surface area (Å²) in [5.41, 5.74) is 2.17. The van der Waals surface area contributed by atoms with Gasteiger partial charge in [-0.3, -0.25) is 38.9 Å². The highest BCUT2D eigenvalue weighted by Crippen LogP contribution is 2.38. The van der Waals surface area contributed by atoms with E-state index in [2.05, 4.69) is 50.0 Å². The topological polar surface area (TPSA) is 179 Å². The van der Waals surface area contributed by atoms with E-state index >= 15 is 0 Å². The van der Waals surface area contributed by atoms with Crippen molar-refractivity contribution in [2.45, 2.75) is 114 Å². The molecule has 6 heterocycles. The van der Waals surface area contributed by atoms with E-state index in [4.69, 9.17) is 4.98 Å². The van der Waals surface area contributed by atoms with Crippen LogP contribution in [0, 0.1) is 5.92 Å². The number of nitrogens with one attached hydrogen (secondary N) is 3. The maximum Gasteiger partial charge on any atom is 0.284 e. The zero-order chi connectivity index (χ0) is 43.2. The number of benzene rings is 1. The van der Waals surface area contributed by atoms with E-state index in [1.54, 1.807) is 29.1 Å². The number of piperidine rings is 2. The average molecular weight is 854 g/mol. The summed E-state index contributed by atoms with van der Waals surface area (Å²) >= 11 is 0. The molecule has 0 radical (unpaired) electrons. The standard InChI is InChI=1S/C44H53F2N11O5/c1-53-19-16-26(17-20-53)32-18-21-55-40(49-32)31(22-47-55)41(59)50-34-24-56(52-38(34)39(45)46)29-10-6-25(7-11-29)23-54(2)28-12-8-27(9-13-28)48-33-5-3-4-30-37(33)44(62)57(43(30)61)35-14-15-36(58)51-42(35)60/h3-5,18,21-22,24-29,35,39,48H,6-17,19-20,23H2,1-2H3,(H,50,59)(H,51,58,60)/t25-,27-,28-,29-,35?. The summed E-state index contributed by atoms with van der Waals surface area (Å²) in [5, 5.41) is 17.1. The van der Waals surface area contributed by atoms with E-state index in [1.165, 1.54) is 16.9 Å². The van der Waals surface area contributed by atoms with Crippen LogP contribution in [0.4, 0.5) is 20.2 Å². The van der Waals surface area contributed by atoms with Gasteiger partial charge >= 0.3 is 0 Å². The Labute approximate surface area is 357 Å². The number of carbonyl (C=O) groups excluding carboxylic acids is 5. The SMILES string of the molecule is CN1CCC(c2ccn3ncc(C(=O)Nc4cn([C@H]5CC[C@H](CN(C)[C@H]6CC[C@H](Nc7cccc8c7C(=O)N(C7CCC(=O)NC7=O)C8=O)CC6)CC5)nc4C(F)F)c3n2)CC1. The quantitative estimate of drug-likeness (QED) is 0.164. The molecular formula is C44H53F2N11O5. The van der Waals surface area contributed by atoms with Crippen LogP contribution in [0.2, 0.25) is 0 Å². The highest BCUT2D eigenvalue weighted by atomic mass is 19.3. The molecule has 5 aliphatic rings. The molecule has 62 heavy (non-hydrogen) atoms. The Balaban J connectivity index is 0.766. The second-order valence-corrected chi connectivity index (χ2v) is 17.9. The van der Waals surface area contributed by atoms with E-state index < -0.39 is 47.7 Å². The summed E-state index contributed by atoms with van der Waals surface area (Å²) in [7, 11) is 4.26.